The summed E-state index contributed by atoms with van der Waals surface area (Å²) in [4.78, 5) is 33.7. The van der Waals surface area contributed by atoms with Crippen molar-refractivity contribution in [1.29, 1.82) is 0 Å². The molecule has 1 aliphatic carbocycles. The molecule has 2 fully saturated rings. The smallest absolute Gasteiger partial charge is 0.336 e. The van der Waals surface area contributed by atoms with E-state index < -0.39 is 0 Å². The number of rotatable bonds is 5. The minimum Gasteiger partial charge on any atom is -0.460 e. The van der Waals surface area contributed by atoms with Gasteiger partial charge in [0.05, 0.1) is 17.6 Å². The van der Waals surface area contributed by atoms with Crippen molar-refractivity contribution in [2.45, 2.75) is 50.5 Å². The second-order valence-electron chi connectivity index (χ2n) is 8.39. The van der Waals surface area contributed by atoms with Gasteiger partial charge in [0.15, 0.2) is 0 Å². The minimum atomic E-state index is -0.385. The molecule has 4 heterocycles. The van der Waals surface area contributed by atoms with Gasteiger partial charge in [-0.2, -0.15) is 0 Å². The summed E-state index contributed by atoms with van der Waals surface area (Å²) in [5.74, 6) is -0.737. The Kier molecular flexibility index (Phi) is 5.91. The van der Waals surface area contributed by atoms with Gasteiger partial charge in [-0.3, -0.25) is 9.79 Å². The maximum absolute atomic E-state index is 13.4. The Hall–Kier alpha value is -2.09. The summed E-state index contributed by atoms with van der Waals surface area (Å²) < 4.78 is 11.3. The number of hydrogen-bond donors (Lipinski definition) is 0. The van der Waals surface area contributed by atoms with E-state index in [0.29, 0.717) is 17.7 Å². The van der Waals surface area contributed by atoms with Crippen LogP contribution in [-0.4, -0.2) is 36.8 Å². The van der Waals surface area contributed by atoms with Crippen LogP contribution in [0.15, 0.2) is 51.3 Å². The summed E-state index contributed by atoms with van der Waals surface area (Å²) in [5.41, 5.74) is 2.10. The summed E-state index contributed by atoms with van der Waals surface area (Å²) in [6, 6.07) is 8.11. The first-order valence-corrected chi connectivity index (χ1v) is 12.5. The third-order valence-corrected chi connectivity index (χ3v) is 8.38. The van der Waals surface area contributed by atoms with Crippen LogP contribution in [0.1, 0.15) is 54.2 Å². The lowest BCUT2D eigenvalue weighted by molar-refractivity contribution is -0.142. The van der Waals surface area contributed by atoms with E-state index in [2.05, 4.69) is 11.4 Å². The molecule has 0 spiro atoms. The molecule has 0 unspecified atom stereocenters. The van der Waals surface area contributed by atoms with Gasteiger partial charge in [0, 0.05) is 46.0 Å². The third-order valence-electron chi connectivity index (χ3n) is 6.39. The van der Waals surface area contributed by atoms with Crippen LogP contribution in [0, 0.1) is 5.92 Å². The number of esters is 1. The van der Waals surface area contributed by atoms with Gasteiger partial charge in [-0.1, -0.05) is 12.1 Å². The molecule has 4 atom stereocenters. The molecule has 0 bridgehead atoms. The molecular formula is C24H25NO4S2. The SMILES string of the molecule is CC1=C(C(=O)OC[C@@H]2CCCO2)[C@H](c2cccs2)[C@@H]2C(=O)C[C@@H](c3cccs3)CC2=N1. The highest BCUT2D eigenvalue weighted by Gasteiger charge is 2.46. The highest BCUT2D eigenvalue weighted by molar-refractivity contribution is 7.10. The van der Waals surface area contributed by atoms with Gasteiger partial charge >= 0.3 is 5.97 Å². The Morgan fingerprint density at radius 3 is 2.61 bits per heavy atom. The summed E-state index contributed by atoms with van der Waals surface area (Å²) in [6.45, 7) is 2.84. The van der Waals surface area contributed by atoms with Gasteiger partial charge < -0.3 is 9.47 Å². The second kappa shape index (κ2) is 8.81. The summed E-state index contributed by atoms with van der Waals surface area (Å²) in [7, 11) is 0. The van der Waals surface area contributed by atoms with Crippen LogP contribution < -0.4 is 0 Å². The van der Waals surface area contributed by atoms with Crippen LogP contribution in [0.5, 0.6) is 0 Å². The van der Waals surface area contributed by atoms with Crippen LogP contribution in [0.3, 0.4) is 0 Å². The molecule has 0 radical (unpaired) electrons. The number of aliphatic imine (C=N–C) groups is 1. The third kappa shape index (κ3) is 4.06. The lowest BCUT2D eigenvalue weighted by Crippen LogP contribution is -2.41. The van der Waals surface area contributed by atoms with Gasteiger partial charge in [0.25, 0.3) is 0 Å². The van der Waals surface area contributed by atoms with Crippen molar-refractivity contribution < 1.29 is 19.1 Å². The van der Waals surface area contributed by atoms with E-state index in [1.807, 2.05) is 30.5 Å². The standard InChI is InChI=1S/C24H25NO4S2/c1-14-21(24(27)29-13-16-5-2-8-28-16)23(20-7-4-10-31-20)22-17(25-14)11-15(12-18(22)26)19-6-3-9-30-19/h3-4,6-7,9-10,15-16,22-23H,2,5,8,11-13H2,1H3/t15-,16-,22-,23-/m0/s1. The Balaban J connectivity index is 1.47. The quantitative estimate of drug-likeness (QED) is 0.588. The number of Topliss-reactive ketones (excluding diaryl/α,β-unsaturated/α-hetero) is 1. The molecule has 31 heavy (non-hydrogen) atoms. The number of fused-ring (bicyclic) bond motifs is 1. The monoisotopic (exact) mass is 455 g/mol. The first-order chi connectivity index (χ1) is 15.1. The van der Waals surface area contributed by atoms with Crippen molar-refractivity contribution in [3.8, 4) is 0 Å². The van der Waals surface area contributed by atoms with Crippen molar-refractivity contribution >= 4 is 40.1 Å². The molecule has 162 valence electrons. The number of carbonyl (C=O) groups is 2. The first-order valence-electron chi connectivity index (χ1n) is 10.8. The van der Waals surface area contributed by atoms with Crippen LogP contribution in [0.25, 0.3) is 0 Å². The molecule has 0 aromatic carbocycles. The van der Waals surface area contributed by atoms with Crippen LogP contribution in [0.4, 0.5) is 0 Å². The maximum Gasteiger partial charge on any atom is 0.336 e. The highest BCUT2D eigenvalue weighted by Crippen LogP contribution is 2.47. The normalized spacial score (nSPS) is 28.4. The molecule has 0 N–H and O–H groups in total. The number of hydrogen-bond acceptors (Lipinski definition) is 7. The molecule has 2 aromatic heterocycles. The number of ketones is 1. The van der Waals surface area contributed by atoms with Crippen molar-refractivity contribution in [3.05, 3.63) is 56.1 Å². The average molecular weight is 456 g/mol. The number of ether oxygens (including phenoxy) is 2. The number of nitrogens with zero attached hydrogens (tertiary/aromatic N) is 1. The van der Waals surface area contributed by atoms with Gasteiger partial charge in [-0.15, -0.1) is 22.7 Å². The Bertz CT molecular complexity index is 1020. The summed E-state index contributed by atoms with van der Waals surface area (Å²) in [6.07, 6.45) is 3.12. The number of thiophene rings is 2. The fourth-order valence-electron chi connectivity index (χ4n) is 4.96. The van der Waals surface area contributed by atoms with Crippen LogP contribution in [0.2, 0.25) is 0 Å². The molecule has 1 saturated carbocycles. The molecule has 3 aliphatic rings. The van der Waals surface area contributed by atoms with E-state index >= 15 is 0 Å². The molecule has 5 nitrogen and oxygen atoms in total. The predicted octanol–water partition coefficient (Wildman–Crippen LogP) is 5.11. The van der Waals surface area contributed by atoms with Crippen molar-refractivity contribution in [2.75, 3.05) is 13.2 Å². The highest BCUT2D eigenvalue weighted by atomic mass is 32.1. The fourth-order valence-corrected chi connectivity index (χ4v) is 6.67. The zero-order chi connectivity index (χ0) is 21.4. The van der Waals surface area contributed by atoms with E-state index in [1.165, 1.54) is 4.88 Å². The topological polar surface area (TPSA) is 65.0 Å². The number of carbonyl (C=O) groups excluding carboxylic acids is 2. The Labute approximate surface area is 189 Å². The van der Waals surface area contributed by atoms with E-state index in [0.717, 1.165) is 36.5 Å². The molecule has 7 heteroatoms. The minimum absolute atomic E-state index is 0.0319. The first kappa shape index (κ1) is 20.8. The van der Waals surface area contributed by atoms with Crippen molar-refractivity contribution in [2.24, 2.45) is 10.9 Å². The molecule has 2 aromatic rings. The van der Waals surface area contributed by atoms with Gasteiger partial charge in [-0.25, -0.2) is 4.79 Å². The molecule has 5 rings (SSSR count). The second-order valence-corrected chi connectivity index (χ2v) is 10.4. The van der Waals surface area contributed by atoms with E-state index in [9.17, 15) is 9.59 Å². The number of allylic oxidation sites excluding steroid dienone is 1. The maximum atomic E-state index is 13.4. The molecule has 0 amide bonds. The lowest BCUT2D eigenvalue weighted by Gasteiger charge is -2.37. The fraction of sp³-hybridized carbons (Fsp3) is 0.458. The van der Waals surface area contributed by atoms with Crippen LogP contribution in [-0.2, 0) is 19.1 Å². The van der Waals surface area contributed by atoms with Crippen molar-refractivity contribution in [3.63, 3.8) is 0 Å². The van der Waals surface area contributed by atoms with Gasteiger partial charge in [0.2, 0.25) is 0 Å². The Morgan fingerprint density at radius 2 is 1.94 bits per heavy atom. The van der Waals surface area contributed by atoms with Crippen molar-refractivity contribution in [1.82, 2.24) is 0 Å². The summed E-state index contributed by atoms with van der Waals surface area (Å²) >= 11 is 3.27. The zero-order valence-corrected chi connectivity index (χ0v) is 19.0. The predicted molar refractivity (Wildman–Crippen MR) is 122 cm³/mol. The molecule has 2 aliphatic heterocycles. The molecular weight excluding hydrogens is 430 g/mol. The van der Waals surface area contributed by atoms with E-state index in [-0.39, 0.29) is 42.2 Å². The van der Waals surface area contributed by atoms with E-state index in [1.54, 1.807) is 22.7 Å². The Morgan fingerprint density at radius 1 is 1.16 bits per heavy atom. The summed E-state index contributed by atoms with van der Waals surface area (Å²) in [5, 5.41) is 4.05. The zero-order valence-electron chi connectivity index (χ0n) is 17.4. The molecule has 1 saturated heterocycles. The van der Waals surface area contributed by atoms with E-state index in [4.69, 9.17) is 14.5 Å². The average Bonchev–Trinajstić information content (AvgIpc) is 3.54. The van der Waals surface area contributed by atoms with Gasteiger partial charge in [-0.05, 0) is 49.1 Å². The van der Waals surface area contributed by atoms with Crippen LogP contribution >= 0.6 is 22.7 Å². The van der Waals surface area contributed by atoms with Gasteiger partial charge in [0.1, 0.15) is 12.4 Å². The largest absolute Gasteiger partial charge is 0.460 e. The lowest BCUT2D eigenvalue weighted by atomic mass is 9.68.